The van der Waals surface area contributed by atoms with E-state index in [2.05, 4.69) is 0 Å². The summed E-state index contributed by atoms with van der Waals surface area (Å²) in [5.41, 5.74) is 0.263. The number of carbonyl (C=O) groups is 1. The number of rotatable bonds is 4. The molecule has 0 aliphatic rings. The van der Waals surface area contributed by atoms with Crippen molar-refractivity contribution >= 4 is 29.3 Å². The Morgan fingerprint density at radius 3 is 2.75 bits per heavy atom. The Kier molecular flexibility index (Phi) is 3.86. The Morgan fingerprint density at radius 2 is 2.10 bits per heavy atom. The molecule has 1 N–H and O–H groups in total. The van der Waals surface area contributed by atoms with E-state index < -0.39 is 10.9 Å². The van der Waals surface area contributed by atoms with Crippen molar-refractivity contribution in [3.63, 3.8) is 0 Å². The molecule has 1 heterocycles. The van der Waals surface area contributed by atoms with Gasteiger partial charge < -0.3 is 9.52 Å². The molecule has 0 unspecified atom stereocenters. The van der Waals surface area contributed by atoms with Gasteiger partial charge in [0.1, 0.15) is 16.5 Å². The van der Waals surface area contributed by atoms with Gasteiger partial charge in [-0.25, -0.2) is 4.79 Å². The van der Waals surface area contributed by atoms with Gasteiger partial charge >= 0.3 is 5.97 Å². The Hall–Kier alpha value is -2.60. The van der Waals surface area contributed by atoms with Crippen LogP contribution in [0.3, 0.4) is 0 Å². The highest BCUT2D eigenvalue weighted by atomic mass is 35.5. The van der Waals surface area contributed by atoms with Crippen LogP contribution in [0.2, 0.25) is 5.02 Å². The van der Waals surface area contributed by atoms with E-state index in [1.54, 1.807) is 18.2 Å². The summed E-state index contributed by atoms with van der Waals surface area (Å²) in [6.07, 6.45) is 2.23. The fraction of sp³-hybridized carbons (Fsp3) is 0. The molecule has 20 heavy (non-hydrogen) atoms. The number of carboxylic acid groups (broad SMARTS) is 1. The SMILES string of the molecule is O=C(O)C=Cc1ccc(-c2ccc(Cl)c([N+](=O)[O-])c2)o1. The molecule has 0 saturated heterocycles. The van der Waals surface area contributed by atoms with Crippen LogP contribution in [0.15, 0.2) is 40.8 Å². The summed E-state index contributed by atoms with van der Waals surface area (Å²) in [7, 11) is 0. The van der Waals surface area contributed by atoms with E-state index in [0.29, 0.717) is 17.1 Å². The number of carboxylic acids is 1. The molecule has 7 heteroatoms. The predicted molar refractivity (Wildman–Crippen MR) is 72.5 cm³/mol. The third kappa shape index (κ3) is 3.04. The molecule has 0 atom stereocenters. The largest absolute Gasteiger partial charge is 0.478 e. The zero-order valence-electron chi connectivity index (χ0n) is 9.95. The molecule has 2 aromatic rings. The molecule has 0 spiro atoms. The summed E-state index contributed by atoms with van der Waals surface area (Å²) in [4.78, 5) is 20.6. The molecule has 2 rings (SSSR count). The van der Waals surface area contributed by atoms with Crippen molar-refractivity contribution in [3.05, 3.63) is 57.3 Å². The normalized spacial score (nSPS) is 10.8. The Labute approximate surface area is 118 Å². The lowest BCUT2D eigenvalue weighted by atomic mass is 10.1. The molecule has 6 nitrogen and oxygen atoms in total. The van der Waals surface area contributed by atoms with E-state index in [9.17, 15) is 14.9 Å². The van der Waals surface area contributed by atoms with Crippen LogP contribution in [-0.4, -0.2) is 16.0 Å². The molecule has 0 radical (unpaired) electrons. The van der Waals surface area contributed by atoms with Crippen molar-refractivity contribution in [1.29, 1.82) is 0 Å². The fourth-order valence-electron chi connectivity index (χ4n) is 1.56. The van der Waals surface area contributed by atoms with E-state index in [1.807, 2.05) is 0 Å². The van der Waals surface area contributed by atoms with E-state index >= 15 is 0 Å². The van der Waals surface area contributed by atoms with E-state index in [1.165, 1.54) is 18.2 Å². The van der Waals surface area contributed by atoms with Crippen LogP contribution in [0.1, 0.15) is 5.76 Å². The molecule has 0 amide bonds. The van der Waals surface area contributed by atoms with Gasteiger partial charge in [0.15, 0.2) is 0 Å². The maximum absolute atomic E-state index is 10.8. The third-order valence-corrected chi connectivity index (χ3v) is 2.76. The van der Waals surface area contributed by atoms with Gasteiger partial charge in [-0.05, 0) is 30.3 Å². The number of nitro groups is 1. The van der Waals surface area contributed by atoms with Crippen LogP contribution in [0.5, 0.6) is 0 Å². The second-order valence-corrected chi connectivity index (χ2v) is 4.20. The molecule has 0 aliphatic carbocycles. The zero-order valence-corrected chi connectivity index (χ0v) is 10.7. The van der Waals surface area contributed by atoms with Crippen molar-refractivity contribution < 1.29 is 19.2 Å². The zero-order chi connectivity index (χ0) is 14.7. The fourth-order valence-corrected chi connectivity index (χ4v) is 1.74. The first-order valence-electron chi connectivity index (χ1n) is 5.42. The summed E-state index contributed by atoms with van der Waals surface area (Å²) >= 11 is 5.72. The van der Waals surface area contributed by atoms with Crippen LogP contribution < -0.4 is 0 Å². The molecular formula is C13H8ClNO5. The van der Waals surface area contributed by atoms with Crippen LogP contribution in [0, 0.1) is 10.1 Å². The second kappa shape index (κ2) is 5.58. The van der Waals surface area contributed by atoms with Gasteiger partial charge in [0, 0.05) is 17.7 Å². The molecule has 0 bridgehead atoms. The van der Waals surface area contributed by atoms with Crippen LogP contribution >= 0.6 is 11.6 Å². The standard InChI is InChI=1S/C13H8ClNO5/c14-10-4-1-8(7-11(10)15(18)19)12-5-2-9(20-12)3-6-13(16)17/h1-7H,(H,16,17). The van der Waals surface area contributed by atoms with Gasteiger partial charge in [0.2, 0.25) is 0 Å². The minimum Gasteiger partial charge on any atom is -0.478 e. The first kappa shape index (κ1) is 13.8. The van der Waals surface area contributed by atoms with E-state index in [4.69, 9.17) is 21.1 Å². The summed E-state index contributed by atoms with van der Waals surface area (Å²) in [5.74, 6) is -0.375. The molecule has 1 aromatic carbocycles. The third-order valence-electron chi connectivity index (χ3n) is 2.44. The van der Waals surface area contributed by atoms with Crippen LogP contribution in [0.25, 0.3) is 17.4 Å². The summed E-state index contributed by atoms with van der Waals surface area (Å²) in [6, 6.07) is 7.44. The Morgan fingerprint density at radius 1 is 1.35 bits per heavy atom. The number of nitrogens with zero attached hydrogens (tertiary/aromatic N) is 1. The maximum atomic E-state index is 10.8. The van der Waals surface area contributed by atoms with Crippen molar-refractivity contribution in [2.24, 2.45) is 0 Å². The quantitative estimate of drug-likeness (QED) is 0.528. The van der Waals surface area contributed by atoms with Crippen molar-refractivity contribution in [3.8, 4) is 11.3 Å². The van der Waals surface area contributed by atoms with Gasteiger partial charge in [-0.15, -0.1) is 0 Å². The van der Waals surface area contributed by atoms with Gasteiger partial charge in [0.05, 0.1) is 4.92 Å². The van der Waals surface area contributed by atoms with Crippen molar-refractivity contribution in [2.45, 2.75) is 0 Å². The summed E-state index contributed by atoms with van der Waals surface area (Å²) < 4.78 is 5.38. The number of benzene rings is 1. The van der Waals surface area contributed by atoms with E-state index in [-0.39, 0.29) is 10.7 Å². The van der Waals surface area contributed by atoms with Crippen molar-refractivity contribution in [2.75, 3.05) is 0 Å². The lowest BCUT2D eigenvalue weighted by molar-refractivity contribution is -0.384. The van der Waals surface area contributed by atoms with E-state index in [0.717, 1.165) is 6.08 Å². The van der Waals surface area contributed by atoms with Gasteiger partial charge in [-0.1, -0.05) is 11.6 Å². The smallest absolute Gasteiger partial charge is 0.328 e. The number of hydrogen-bond acceptors (Lipinski definition) is 4. The van der Waals surface area contributed by atoms with Gasteiger partial charge in [0.25, 0.3) is 5.69 Å². The first-order chi connectivity index (χ1) is 9.47. The predicted octanol–water partition coefficient (Wildman–Crippen LogP) is 3.61. The average molecular weight is 294 g/mol. The highest BCUT2D eigenvalue weighted by Gasteiger charge is 2.14. The summed E-state index contributed by atoms with van der Waals surface area (Å²) in [6.45, 7) is 0. The number of hydrogen-bond donors (Lipinski definition) is 1. The highest BCUT2D eigenvalue weighted by Crippen LogP contribution is 2.31. The minimum absolute atomic E-state index is 0.0382. The molecule has 1 aromatic heterocycles. The lowest BCUT2D eigenvalue weighted by Gasteiger charge is -1.99. The Balaban J connectivity index is 2.35. The molecule has 102 valence electrons. The molecular weight excluding hydrogens is 286 g/mol. The molecule has 0 saturated carbocycles. The highest BCUT2D eigenvalue weighted by molar-refractivity contribution is 6.32. The number of furan rings is 1. The Bertz CT molecular complexity index is 705. The average Bonchev–Trinajstić information content (AvgIpc) is 2.85. The maximum Gasteiger partial charge on any atom is 0.328 e. The molecule has 0 fully saturated rings. The first-order valence-corrected chi connectivity index (χ1v) is 5.80. The van der Waals surface area contributed by atoms with Gasteiger partial charge in [-0.3, -0.25) is 10.1 Å². The van der Waals surface area contributed by atoms with Crippen molar-refractivity contribution in [1.82, 2.24) is 0 Å². The van der Waals surface area contributed by atoms with Crippen LogP contribution in [-0.2, 0) is 4.79 Å². The summed E-state index contributed by atoms with van der Waals surface area (Å²) in [5, 5.41) is 19.3. The lowest BCUT2D eigenvalue weighted by Crippen LogP contribution is -1.89. The monoisotopic (exact) mass is 293 g/mol. The minimum atomic E-state index is -1.09. The number of nitro benzene ring substituents is 1. The van der Waals surface area contributed by atoms with Crippen LogP contribution in [0.4, 0.5) is 5.69 Å². The number of halogens is 1. The van der Waals surface area contributed by atoms with Gasteiger partial charge in [-0.2, -0.15) is 0 Å². The second-order valence-electron chi connectivity index (χ2n) is 3.80. The topological polar surface area (TPSA) is 93.6 Å². The number of aliphatic carboxylic acids is 1. The molecule has 0 aliphatic heterocycles.